The first-order valence-corrected chi connectivity index (χ1v) is 5.27. The fourth-order valence-corrected chi connectivity index (χ4v) is 1.90. The molecule has 0 unspecified atom stereocenters. The topological polar surface area (TPSA) is 78.2 Å². The van der Waals surface area contributed by atoms with Crippen LogP contribution < -0.4 is 5.56 Å². The van der Waals surface area contributed by atoms with Gasteiger partial charge in [0.15, 0.2) is 0 Å². The van der Waals surface area contributed by atoms with E-state index in [4.69, 9.17) is 4.74 Å². The molecule has 6 nitrogen and oxygen atoms in total. The third kappa shape index (κ3) is 2.01. The molecule has 0 atom stereocenters. The highest BCUT2D eigenvalue weighted by molar-refractivity contribution is 5.76. The molecule has 2 N–H and O–H groups in total. The zero-order valence-corrected chi connectivity index (χ0v) is 9.21. The van der Waals surface area contributed by atoms with Gasteiger partial charge in [-0.05, 0) is 6.42 Å². The molecule has 0 saturated carbocycles. The van der Waals surface area contributed by atoms with Crippen molar-refractivity contribution < 1.29 is 9.53 Å². The highest BCUT2D eigenvalue weighted by Gasteiger charge is 2.23. The molecule has 2 heterocycles. The van der Waals surface area contributed by atoms with Crippen LogP contribution in [0.1, 0.15) is 17.7 Å². The summed E-state index contributed by atoms with van der Waals surface area (Å²) in [6.07, 6.45) is 1.01. The van der Waals surface area contributed by atoms with E-state index >= 15 is 0 Å². The minimum atomic E-state index is -0.0704. The molecule has 0 radical (unpaired) electrons. The number of carbonyl (C=O) groups is 1. The van der Waals surface area contributed by atoms with E-state index in [2.05, 4.69) is 10.2 Å². The number of methoxy groups -OCH3 is 1. The summed E-state index contributed by atoms with van der Waals surface area (Å²) in [5.74, 6) is 0.0644. The van der Waals surface area contributed by atoms with Gasteiger partial charge < -0.3 is 14.7 Å². The fraction of sp³-hybridized carbons (Fsp3) is 0.600. The number of hydrogen-bond donors (Lipinski definition) is 2. The van der Waals surface area contributed by atoms with Gasteiger partial charge >= 0.3 is 0 Å². The van der Waals surface area contributed by atoms with E-state index in [0.717, 1.165) is 11.3 Å². The van der Waals surface area contributed by atoms with Crippen LogP contribution in [-0.4, -0.2) is 41.3 Å². The number of nitrogens with one attached hydrogen (secondary N) is 2. The Morgan fingerprint density at radius 1 is 1.50 bits per heavy atom. The van der Waals surface area contributed by atoms with Gasteiger partial charge in [0, 0.05) is 19.2 Å². The van der Waals surface area contributed by atoms with Crippen LogP contribution in [0.5, 0.6) is 0 Å². The van der Waals surface area contributed by atoms with Crippen LogP contribution in [-0.2, 0) is 22.5 Å². The highest BCUT2D eigenvalue weighted by atomic mass is 16.5. The minimum Gasteiger partial charge on any atom is -0.384 e. The molecule has 88 valence electrons. The molecule has 6 heteroatoms. The molecule has 0 aliphatic carbocycles. The Labute approximate surface area is 92.6 Å². The summed E-state index contributed by atoms with van der Waals surface area (Å²) in [5, 5.41) is 5.34. The van der Waals surface area contributed by atoms with Gasteiger partial charge in [-0.1, -0.05) is 0 Å². The maximum Gasteiger partial charge on any atom is 0.267 e. The van der Waals surface area contributed by atoms with Gasteiger partial charge in [0.25, 0.3) is 5.56 Å². The number of nitrogens with zero attached hydrogens (tertiary/aromatic N) is 1. The summed E-state index contributed by atoms with van der Waals surface area (Å²) in [4.78, 5) is 24.8. The molecule has 1 aromatic heterocycles. The van der Waals surface area contributed by atoms with Gasteiger partial charge in [0.2, 0.25) is 5.91 Å². The summed E-state index contributed by atoms with van der Waals surface area (Å²) < 4.78 is 4.87. The number of fused-ring (bicyclic) bond motifs is 1. The zero-order chi connectivity index (χ0) is 11.5. The predicted molar refractivity (Wildman–Crippen MR) is 57.0 cm³/mol. The Morgan fingerprint density at radius 3 is 3.06 bits per heavy atom. The number of H-pyrrole nitrogens is 2. The standard InChI is InChI=1S/C10H15N3O3/c1-16-5-3-9(14)13-4-2-7-8(6-13)11-12-10(7)15/h2-6H2,1H3,(H2,11,12,15). The van der Waals surface area contributed by atoms with Crippen molar-refractivity contribution in [2.45, 2.75) is 19.4 Å². The third-order valence-electron chi connectivity index (χ3n) is 2.82. The largest absolute Gasteiger partial charge is 0.384 e. The van der Waals surface area contributed by atoms with Crippen molar-refractivity contribution in [2.75, 3.05) is 20.3 Å². The first-order chi connectivity index (χ1) is 7.72. The Bertz CT molecular complexity index is 435. The van der Waals surface area contributed by atoms with E-state index in [-0.39, 0.29) is 11.5 Å². The van der Waals surface area contributed by atoms with Gasteiger partial charge in [-0.2, -0.15) is 0 Å². The van der Waals surface area contributed by atoms with E-state index in [1.165, 1.54) is 0 Å². The van der Waals surface area contributed by atoms with Crippen LogP contribution >= 0.6 is 0 Å². The maximum atomic E-state index is 11.7. The molecule has 0 aromatic carbocycles. The van der Waals surface area contributed by atoms with Crippen LogP contribution in [0, 0.1) is 0 Å². The molecular formula is C10H15N3O3. The summed E-state index contributed by atoms with van der Waals surface area (Å²) in [6.45, 7) is 1.53. The smallest absolute Gasteiger partial charge is 0.267 e. The van der Waals surface area contributed by atoms with Gasteiger partial charge in [0.1, 0.15) is 0 Å². The molecule has 1 amide bonds. The quantitative estimate of drug-likeness (QED) is 0.736. The van der Waals surface area contributed by atoms with Gasteiger partial charge in [-0.25, -0.2) is 0 Å². The fourth-order valence-electron chi connectivity index (χ4n) is 1.90. The van der Waals surface area contributed by atoms with Crippen molar-refractivity contribution in [2.24, 2.45) is 0 Å². The molecule has 0 fully saturated rings. The van der Waals surface area contributed by atoms with Crippen molar-refractivity contribution in [3.63, 3.8) is 0 Å². The second-order valence-corrected chi connectivity index (χ2v) is 3.84. The summed E-state index contributed by atoms with van der Waals surface area (Å²) in [7, 11) is 1.57. The lowest BCUT2D eigenvalue weighted by atomic mass is 10.1. The lowest BCUT2D eigenvalue weighted by molar-refractivity contribution is -0.133. The van der Waals surface area contributed by atoms with Gasteiger partial charge in [-0.3, -0.25) is 14.7 Å². The Balaban J connectivity index is 2.02. The normalized spacial score (nSPS) is 14.9. The summed E-state index contributed by atoms with van der Waals surface area (Å²) >= 11 is 0. The molecule has 1 aliphatic rings. The first-order valence-electron chi connectivity index (χ1n) is 5.27. The Hall–Kier alpha value is -1.56. The molecule has 0 spiro atoms. The monoisotopic (exact) mass is 225 g/mol. The van der Waals surface area contributed by atoms with Crippen LogP contribution in [0.3, 0.4) is 0 Å². The summed E-state index contributed by atoms with van der Waals surface area (Å²) in [6, 6.07) is 0. The molecular weight excluding hydrogens is 210 g/mol. The number of amides is 1. The van der Waals surface area contributed by atoms with Crippen molar-refractivity contribution in [1.29, 1.82) is 0 Å². The second kappa shape index (κ2) is 4.52. The van der Waals surface area contributed by atoms with E-state index in [0.29, 0.717) is 32.5 Å². The number of hydrogen-bond acceptors (Lipinski definition) is 3. The SMILES string of the molecule is COCCC(=O)N1CCc2c([nH][nH]c2=O)C1. The molecule has 16 heavy (non-hydrogen) atoms. The number of aromatic nitrogens is 2. The van der Waals surface area contributed by atoms with Crippen LogP contribution in [0.4, 0.5) is 0 Å². The maximum absolute atomic E-state index is 11.7. The van der Waals surface area contributed by atoms with Crippen molar-refractivity contribution in [3.8, 4) is 0 Å². The molecule has 0 saturated heterocycles. The first kappa shape index (κ1) is 10.9. The van der Waals surface area contributed by atoms with E-state index < -0.39 is 0 Å². The predicted octanol–water partition coefficient (Wildman–Crippen LogP) is -0.376. The minimum absolute atomic E-state index is 0.0644. The molecule has 2 rings (SSSR count). The average Bonchev–Trinajstić information content (AvgIpc) is 2.67. The number of carbonyl (C=O) groups excluding carboxylic acids is 1. The van der Waals surface area contributed by atoms with Crippen molar-refractivity contribution >= 4 is 5.91 Å². The number of rotatable bonds is 3. The molecule has 1 aliphatic heterocycles. The highest BCUT2D eigenvalue weighted by Crippen LogP contribution is 2.13. The second-order valence-electron chi connectivity index (χ2n) is 3.84. The molecule has 0 bridgehead atoms. The Morgan fingerprint density at radius 2 is 2.31 bits per heavy atom. The van der Waals surface area contributed by atoms with E-state index in [1.54, 1.807) is 12.0 Å². The van der Waals surface area contributed by atoms with Crippen molar-refractivity contribution in [3.05, 3.63) is 21.6 Å². The average molecular weight is 225 g/mol. The summed E-state index contributed by atoms with van der Waals surface area (Å²) in [5.41, 5.74) is 1.52. The lowest BCUT2D eigenvalue weighted by Gasteiger charge is -2.26. The van der Waals surface area contributed by atoms with E-state index in [9.17, 15) is 9.59 Å². The Kier molecular flexibility index (Phi) is 3.09. The number of aromatic amines is 2. The van der Waals surface area contributed by atoms with Crippen LogP contribution in [0.2, 0.25) is 0 Å². The number of ether oxygens (including phenoxy) is 1. The van der Waals surface area contributed by atoms with Gasteiger partial charge in [-0.15, -0.1) is 0 Å². The van der Waals surface area contributed by atoms with Gasteiger partial charge in [0.05, 0.1) is 25.3 Å². The molecule has 1 aromatic rings. The third-order valence-corrected chi connectivity index (χ3v) is 2.82. The van der Waals surface area contributed by atoms with Crippen LogP contribution in [0.15, 0.2) is 4.79 Å². The van der Waals surface area contributed by atoms with E-state index in [1.807, 2.05) is 0 Å². The zero-order valence-electron chi connectivity index (χ0n) is 9.21. The van der Waals surface area contributed by atoms with Crippen molar-refractivity contribution in [1.82, 2.24) is 15.1 Å². The lowest BCUT2D eigenvalue weighted by Crippen LogP contribution is -2.37. The van der Waals surface area contributed by atoms with Crippen LogP contribution in [0.25, 0.3) is 0 Å².